The van der Waals surface area contributed by atoms with Crippen molar-refractivity contribution in [3.05, 3.63) is 52.7 Å². The number of hydrogen-bond donors (Lipinski definition) is 1. The number of aryl methyl sites for hydroxylation is 3. The largest absolute Gasteiger partial charge is 0.439 e. The summed E-state index contributed by atoms with van der Waals surface area (Å²) >= 11 is 0. The summed E-state index contributed by atoms with van der Waals surface area (Å²) in [6.07, 6.45) is 0.817. The van der Waals surface area contributed by atoms with Crippen molar-refractivity contribution in [1.82, 2.24) is 4.98 Å². The Morgan fingerprint density at radius 1 is 1.05 bits per heavy atom. The van der Waals surface area contributed by atoms with Crippen LogP contribution in [0.3, 0.4) is 0 Å². The lowest BCUT2D eigenvalue weighted by Crippen LogP contribution is -1.96. The summed E-state index contributed by atoms with van der Waals surface area (Å²) in [5.41, 5.74) is 4.06. The highest BCUT2D eigenvalue weighted by molar-refractivity contribution is 5.36. The molecule has 3 heteroatoms. The van der Waals surface area contributed by atoms with Crippen LogP contribution in [0.4, 0.5) is 0 Å². The highest BCUT2D eigenvalue weighted by Crippen LogP contribution is 2.23. The molecule has 0 aliphatic heterocycles. The molecular weight excluding hydrogens is 238 g/mol. The van der Waals surface area contributed by atoms with Crippen LogP contribution in [-0.4, -0.2) is 10.1 Å². The number of pyridine rings is 1. The zero-order valence-electron chi connectivity index (χ0n) is 11.6. The first-order chi connectivity index (χ1) is 9.10. The molecule has 0 unspecified atom stereocenters. The van der Waals surface area contributed by atoms with Gasteiger partial charge >= 0.3 is 0 Å². The van der Waals surface area contributed by atoms with Crippen molar-refractivity contribution in [3.8, 4) is 11.6 Å². The van der Waals surface area contributed by atoms with E-state index in [9.17, 15) is 5.11 Å². The molecule has 0 aliphatic rings. The van der Waals surface area contributed by atoms with Gasteiger partial charge in [-0.2, -0.15) is 0 Å². The minimum absolute atomic E-state index is 0.00126. The molecule has 1 N–H and O–H groups in total. The summed E-state index contributed by atoms with van der Waals surface area (Å²) in [5.74, 6) is 1.32. The Bertz CT molecular complexity index is 536. The summed E-state index contributed by atoms with van der Waals surface area (Å²) in [5, 5.41) is 9.25. The standard InChI is InChI=1S/C16H19NO2/c1-4-14-8-13(10-18)9-16(17-14)19-15-6-11(2)5-12(3)7-15/h5-9,18H,4,10H2,1-3H3. The Labute approximate surface area is 113 Å². The van der Waals surface area contributed by atoms with Gasteiger partial charge in [0.05, 0.1) is 6.61 Å². The molecule has 0 bridgehead atoms. The average molecular weight is 257 g/mol. The lowest BCUT2D eigenvalue weighted by molar-refractivity contribution is 0.281. The fourth-order valence-electron chi connectivity index (χ4n) is 2.06. The van der Waals surface area contributed by atoms with E-state index in [4.69, 9.17) is 4.74 Å². The smallest absolute Gasteiger partial charge is 0.219 e. The molecule has 1 aromatic heterocycles. The Morgan fingerprint density at radius 2 is 1.74 bits per heavy atom. The second kappa shape index (κ2) is 5.85. The first-order valence-corrected chi connectivity index (χ1v) is 6.47. The van der Waals surface area contributed by atoms with Crippen molar-refractivity contribution in [2.45, 2.75) is 33.8 Å². The van der Waals surface area contributed by atoms with Gasteiger partial charge in [0.15, 0.2) is 0 Å². The first kappa shape index (κ1) is 13.6. The minimum atomic E-state index is -0.00126. The third kappa shape index (κ3) is 3.55. The minimum Gasteiger partial charge on any atom is -0.439 e. The van der Waals surface area contributed by atoms with E-state index in [1.54, 1.807) is 6.07 Å². The van der Waals surface area contributed by atoms with Crippen LogP contribution in [0, 0.1) is 13.8 Å². The molecule has 0 spiro atoms. The number of ether oxygens (including phenoxy) is 1. The van der Waals surface area contributed by atoms with E-state index >= 15 is 0 Å². The van der Waals surface area contributed by atoms with Gasteiger partial charge in [-0.1, -0.05) is 13.0 Å². The summed E-state index contributed by atoms with van der Waals surface area (Å²) in [4.78, 5) is 4.42. The van der Waals surface area contributed by atoms with Crippen molar-refractivity contribution in [2.75, 3.05) is 0 Å². The third-order valence-corrected chi connectivity index (χ3v) is 2.88. The quantitative estimate of drug-likeness (QED) is 0.910. The highest BCUT2D eigenvalue weighted by atomic mass is 16.5. The normalized spacial score (nSPS) is 10.5. The van der Waals surface area contributed by atoms with Crippen molar-refractivity contribution >= 4 is 0 Å². The van der Waals surface area contributed by atoms with E-state index < -0.39 is 0 Å². The van der Waals surface area contributed by atoms with E-state index in [-0.39, 0.29) is 6.61 Å². The van der Waals surface area contributed by atoms with Gasteiger partial charge in [0.1, 0.15) is 5.75 Å². The van der Waals surface area contributed by atoms with Gasteiger partial charge < -0.3 is 9.84 Å². The topological polar surface area (TPSA) is 42.4 Å². The molecule has 0 saturated heterocycles. The van der Waals surface area contributed by atoms with Gasteiger partial charge in [0, 0.05) is 11.8 Å². The maximum absolute atomic E-state index is 9.25. The number of aromatic nitrogens is 1. The monoisotopic (exact) mass is 257 g/mol. The maximum Gasteiger partial charge on any atom is 0.219 e. The zero-order valence-corrected chi connectivity index (χ0v) is 11.6. The molecule has 3 nitrogen and oxygen atoms in total. The van der Waals surface area contributed by atoms with E-state index in [0.29, 0.717) is 5.88 Å². The predicted octanol–water partition coefficient (Wildman–Crippen LogP) is 3.55. The molecule has 19 heavy (non-hydrogen) atoms. The molecule has 0 fully saturated rings. The summed E-state index contributed by atoms with van der Waals surface area (Å²) in [7, 11) is 0. The molecule has 2 rings (SSSR count). The Morgan fingerprint density at radius 3 is 2.32 bits per heavy atom. The Balaban J connectivity index is 2.31. The summed E-state index contributed by atoms with van der Waals surface area (Å²) in [6.45, 7) is 6.10. The average Bonchev–Trinajstić information content (AvgIpc) is 2.37. The number of rotatable bonds is 4. The van der Waals surface area contributed by atoms with Crippen molar-refractivity contribution in [3.63, 3.8) is 0 Å². The molecule has 0 saturated carbocycles. The molecule has 0 radical (unpaired) electrons. The fraction of sp³-hybridized carbons (Fsp3) is 0.312. The van der Waals surface area contributed by atoms with Crippen LogP contribution in [0.1, 0.15) is 29.3 Å². The van der Waals surface area contributed by atoms with Gasteiger partial charge in [0.2, 0.25) is 5.88 Å². The van der Waals surface area contributed by atoms with Gasteiger partial charge in [-0.25, -0.2) is 4.98 Å². The van der Waals surface area contributed by atoms with E-state index in [0.717, 1.165) is 34.6 Å². The van der Waals surface area contributed by atoms with Crippen molar-refractivity contribution in [1.29, 1.82) is 0 Å². The summed E-state index contributed by atoms with van der Waals surface area (Å²) in [6, 6.07) is 9.73. The molecule has 0 atom stereocenters. The third-order valence-electron chi connectivity index (χ3n) is 2.88. The SMILES string of the molecule is CCc1cc(CO)cc(Oc2cc(C)cc(C)c2)n1. The molecule has 1 heterocycles. The fourth-order valence-corrected chi connectivity index (χ4v) is 2.06. The molecule has 0 amide bonds. The van der Waals surface area contributed by atoms with E-state index in [2.05, 4.69) is 11.1 Å². The number of hydrogen-bond acceptors (Lipinski definition) is 3. The number of benzene rings is 1. The number of nitrogens with zero attached hydrogens (tertiary/aromatic N) is 1. The first-order valence-electron chi connectivity index (χ1n) is 6.47. The van der Waals surface area contributed by atoms with Crippen LogP contribution in [0.15, 0.2) is 30.3 Å². The maximum atomic E-state index is 9.25. The second-order valence-electron chi connectivity index (χ2n) is 4.74. The predicted molar refractivity (Wildman–Crippen MR) is 75.5 cm³/mol. The van der Waals surface area contributed by atoms with Crippen molar-refractivity contribution < 1.29 is 9.84 Å². The number of aliphatic hydroxyl groups excluding tert-OH is 1. The van der Waals surface area contributed by atoms with Gasteiger partial charge in [-0.3, -0.25) is 0 Å². The molecule has 100 valence electrons. The lowest BCUT2D eigenvalue weighted by atomic mass is 10.1. The molecule has 1 aromatic carbocycles. The summed E-state index contributed by atoms with van der Waals surface area (Å²) < 4.78 is 5.80. The van der Waals surface area contributed by atoms with Crippen LogP contribution in [0.5, 0.6) is 11.6 Å². The zero-order chi connectivity index (χ0) is 13.8. The molecular formula is C16H19NO2. The highest BCUT2D eigenvalue weighted by Gasteiger charge is 2.05. The molecule has 0 aliphatic carbocycles. The number of aliphatic hydroxyl groups is 1. The van der Waals surface area contributed by atoms with E-state index in [1.807, 2.05) is 39.0 Å². The van der Waals surface area contributed by atoms with Crippen LogP contribution in [0.25, 0.3) is 0 Å². The van der Waals surface area contributed by atoms with Crippen molar-refractivity contribution in [2.24, 2.45) is 0 Å². The van der Waals surface area contributed by atoms with Crippen LogP contribution in [-0.2, 0) is 13.0 Å². The van der Waals surface area contributed by atoms with Gasteiger partial charge in [-0.05, 0) is 55.2 Å². The lowest BCUT2D eigenvalue weighted by Gasteiger charge is -2.09. The molecule has 2 aromatic rings. The second-order valence-corrected chi connectivity index (χ2v) is 4.74. The van der Waals surface area contributed by atoms with Gasteiger partial charge in [0.25, 0.3) is 0 Å². The van der Waals surface area contributed by atoms with Crippen LogP contribution >= 0.6 is 0 Å². The van der Waals surface area contributed by atoms with Crippen LogP contribution < -0.4 is 4.74 Å². The van der Waals surface area contributed by atoms with E-state index in [1.165, 1.54) is 0 Å². The Hall–Kier alpha value is -1.87. The van der Waals surface area contributed by atoms with Gasteiger partial charge in [-0.15, -0.1) is 0 Å². The Kier molecular flexibility index (Phi) is 4.17. The van der Waals surface area contributed by atoms with Crippen LogP contribution in [0.2, 0.25) is 0 Å².